The summed E-state index contributed by atoms with van der Waals surface area (Å²) in [5.74, 6) is 0.527. The number of hydrogen-bond donors (Lipinski definition) is 2. The average Bonchev–Trinajstić information content (AvgIpc) is 2.58. The topological polar surface area (TPSA) is 86.3 Å². The minimum atomic E-state index is -5.25. The molecule has 0 amide bonds. The zero-order valence-electron chi connectivity index (χ0n) is 14.9. The molecule has 2 aliphatic rings. The number of aliphatic imine (C=N–C) groups is 1. The Morgan fingerprint density at radius 2 is 1.92 bits per heavy atom. The molecule has 152 valence electrons. The minimum Gasteiger partial charge on any atom is -0.374 e. The number of rotatable bonds is 4. The SMILES string of the molecule is CN=C(NCC1CN(C)CCO1)NC1CCN(S(=O)(=O)C(F)(F)F)CC1. The highest BCUT2D eigenvalue weighted by molar-refractivity contribution is 7.90. The Hall–Kier alpha value is -1.11. The molecule has 0 aromatic heterocycles. The van der Waals surface area contributed by atoms with E-state index in [0.29, 0.717) is 23.4 Å². The Bertz CT molecular complexity index is 591. The number of sulfonamides is 1. The third-order valence-electron chi connectivity index (χ3n) is 4.49. The molecule has 2 rings (SSSR count). The van der Waals surface area contributed by atoms with Crippen LogP contribution in [0.1, 0.15) is 12.8 Å². The van der Waals surface area contributed by atoms with Crippen molar-refractivity contribution in [2.75, 3.05) is 53.4 Å². The van der Waals surface area contributed by atoms with E-state index in [9.17, 15) is 21.6 Å². The van der Waals surface area contributed by atoms with Gasteiger partial charge in [-0.3, -0.25) is 4.99 Å². The van der Waals surface area contributed by atoms with Crippen LogP contribution in [0.2, 0.25) is 0 Å². The van der Waals surface area contributed by atoms with E-state index in [4.69, 9.17) is 4.74 Å². The molecule has 0 aromatic carbocycles. The number of hydrogen-bond acceptors (Lipinski definition) is 5. The molecule has 0 aliphatic carbocycles. The molecule has 1 unspecified atom stereocenters. The summed E-state index contributed by atoms with van der Waals surface area (Å²) in [6.07, 6.45) is 0.586. The quantitative estimate of drug-likeness (QED) is 0.501. The van der Waals surface area contributed by atoms with Crippen molar-refractivity contribution in [2.24, 2.45) is 4.99 Å². The smallest absolute Gasteiger partial charge is 0.374 e. The van der Waals surface area contributed by atoms with E-state index in [-0.39, 0.29) is 38.1 Å². The molecule has 0 aromatic rings. The fourth-order valence-corrected chi connectivity index (χ4v) is 3.96. The van der Waals surface area contributed by atoms with Crippen LogP contribution in [-0.4, -0.2) is 94.7 Å². The third-order valence-corrected chi connectivity index (χ3v) is 6.12. The first kappa shape index (κ1) is 21.2. The number of halogens is 3. The summed E-state index contributed by atoms with van der Waals surface area (Å²) in [6, 6.07) is -0.143. The molecular weight excluding hydrogens is 375 g/mol. The lowest BCUT2D eigenvalue weighted by molar-refractivity contribution is -0.0494. The Balaban J connectivity index is 1.78. The van der Waals surface area contributed by atoms with Crippen LogP contribution in [0.25, 0.3) is 0 Å². The first-order chi connectivity index (χ1) is 12.1. The van der Waals surface area contributed by atoms with Crippen LogP contribution in [0, 0.1) is 0 Å². The predicted octanol–water partition coefficient (Wildman–Crippen LogP) is -0.204. The number of nitrogens with zero attached hydrogens (tertiary/aromatic N) is 3. The number of piperidine rings is 1. The van der Waals surface area contributed by atoms with Gasteiger partial charge in [0.25, 0.3) is 0 Å². The lowest BCUT2D eigenvalue weighted by Crippen LogP contribution is -2.53. The van der Waals surface area contributed by atoms with Gasteiger partial charge < -0.3 is 20.3 Å². The van der Waals surface area contributed by atoms with Crippen molar-refractivity contribution in [3.8, 4) is 0 Å². The van der Waals surface area contributed by atoms with Crippen LogP contribution in [0.4, 0.5) is 13.2 Å². The van der Waals surface area contributed by atoms with E-state index in [1.165, 1.54) is 0 Å². The van der Waals surface area contributed by atoms with Crippen molar-refractivity contribution in [2.45, 2.75) is 30.5 Å². The molecule has 0 bridgehead atoms. The van der Waals surface area contributed by atoms with Crippen LogP contribution in [0.3, 0.4) is 0 Å². The number of ether oxygens (including phenoxy) is 1. The lowest BCUT2D eigenvalue weighted by Gasteiger charge is -2.33. The highest BCUT2D eigenvalue weighted by atomic mass is 32.2. The van der Waals surface area contributed by atoms with Gasteiger partial charge in [0.2, 0.25) is 0 Å². The number of likely N-dealkylation sites (N-methyl/N-ethyl adjacent to an activating group) is 1. The Morgan fingerprint density at radius 1 is 1.27 bits per heavy atom. The van der Waals surface area contributed by atoms with Crippen molar-refractivity contribution >= 4 is 16.0 Å². The first-order valence-corrected chi connectivity index (χ1v) is 9.91. The molecule has 1 atom stereocenters. The highest BCUT2D eigenvalue weighted by Crippen LogP contribution is 2.28. The van der Waals surface area contributed by atoms with E-state index in [1.54, 1.807) is 7.05 Å². The van der Waals surface area contributed by atoms with E-state index in [2.05, 4.69) is 20.5 Å². The summed E-state index contributed by atoms with van der Waals surface area (Å²) in [4.78, 5) is 6.28. The van der Waals surface area contributed by atoms with Gasteiger partial charge in [-0.1, -0.05) is 0 Å². The van der Waals surface area contributed by atoms with Gasteiger partial charge in [-0.25, -0.2) is 8.42 Å². The van der Waals surface area contributed by atoms with E-state index in [0.717, 1.165) is 13.1 Å². The summed E-state index contributed by atoms with van der Waals surface area (Å²) < 4.78 is 66.8. The fourth-order valence-electron chi connectivity index (χ4n) is 2.98. The van der Waals surface area contributed by atoms with Crippen LogP contribution in [-0.2, 0) is 14.8 Å². The second-order valence-electron chi connectivity index (χ2n) is 6.48. The second-order valence-corrected chi connectivity index (χ2v) is 8.41. The van der Waals surface area contributed by atoms with Gasteiger partial charge in [-0.15, -0.1) is 0 Å². The number of nitrogens with one attached hydrogen (secondary N) is 2. The molecule has 0 saturated carbocycles. The molecule has 2 saturated heterocycles. The summed E-state index contributed by atoms with van der Waals surface area (Å²) in [6.45, 7) is 2.58. The highest BCUT2D eigenvalue weighted by Gasteiger charge is 2.50. The van der Waals surface area contributed by atoms with Gasteiger partial charge in [0.05, 0.1) is 12.7 Å². The molecule has 2 fully saturated rings. The Morgan fingerprint density at radius 3 is 2.46 bits per heavy atom. The van der Waals surface area contributed by atoms with Crippen LogP contribution >= 0.6 is 0 Å². The second kappa shape index (κ2) is 8.72. The summed E-state index contributed by atoms with van der Waals surface area (Å²) in [5, 5.41) is 6.28. The lowest BCUT2D eigenvalue weighted by atomic mass is 10.1. The van der Waals surface area contributed by atoms with Gasteiger partial charge in [-0.05, 0) is 19.9 Å². The van der Waals surface area contributed by atoms with Crippen molar-refractivity contribution < 1.29 is 26.3 Å². The summed E-state index contributed by atoms with van der Waals surface area (Å²) in [5.41, 5.74) is -5.25. The number of guanidine groups is 1. The van der Waals surface area contributed by atoms with Crippen molar-refractivity contribution in [3.63, 3.8) is 0 Å². The van der Waals surface area contributed by atoms with E-state index >= 15 is 0 Å². The molecular formula is C14H26F3N5O3S. The van der Waals surface area contributed by atoms with Crippen LogP contribution in [0.15, 0.2) is 4.99 Å². The van der Waals surface area contributed by atoms with Crippen LogP contribution < -0.4 is 10.6 Å². The maximum Gasteiger partial charge on any atom is 0.511 e. The number of morpholine rings is 1. The standard InChI is InChI=1S/C14H26F3N5O3S/c1-18-13(19-9-12-10-21(2)7-8-25-12)20-11-3-5-22(6-4-11)26(23,24)14(15,16)17/h11-12H,3-10H2,1-2H3,(H2,18,19,20). The number of alkyl halides is 3. The van der Waals surface area contributed by atoms with Gasteiger partial charge >= 0.3 is 15.5 Å². The average molecular weight is 401 g/mol. The maximum atomic E-state index is 12.6. The first-order valence-electron chi connectivity index (χ1n) is 8.47. The zero-order chi connectivity index (χ0) is 19.4. The van der Waals surface area contributed by atoms with Crippen molar-refractivity contribution in [1.29, 1.82) is 0 Å². The molecule has 8 nitrogen and oxygen atoms in total. The molecule has 2 aliphatic heterocycles. The van der Waals surface area contributed by atoms with Gasteiger partial charge in [0.1, 0.15) is 0 Å². The molecule has 12 heteroatoms. The molecule has 2 heterocycles. The van der Waals surface area contributed by atoms with Gasteiger partial charge in [0.15, 0.2) is 5.96 Å². The maximum absolute atomic E-state index is 12.6. The van der Waals surface area contributed by atoms with Crippen LogP contribution in [0.5, 0.6) is 0 Å². The molecule has 26 heavy (non-hydrogen) atoms. The van der Waals surface area contributed by atoms with E-state index < -0.39 is 15.5 Å². The Labute approximate surface area is 151 Å². The fraction of sp³-hybridized carbons (Fsp3) is 0.929. The summed E-state index contributed by atoms with van der Waals surface area (Å²) in [7, 11) is -1.63. The Kier molecular flexibility index (Phi) is 7.11. The molecule has 0 spiro atoms. The monoisotopic (exact) mass is 401 g/mol. The third kappa shape index (κ3) is 5.44. The minimum absolute atomic E-state index is 0.0334. The molecule has 0 radical (unpaired) electrons. The summed E-state index contributed by atoms with van der Waals surface area (Å²) >= 11 is 0. The van der Waals surface area contributed by atoms with Crippen molar-refractivity contribution in [3.05, 3.63) is 0 Å². The van der Waals surface area contributed by atoms with Gasteiger partial charge in [-0.2, -0.15) is 17.5 Å². The van der Waals surface area contributed by atoms with Crippen molar-refractivity contribution in [1.82, 2.24) is 19.8 Å². The normalized spacial score (nSPS) is 25.3. The predicted molar refractivity (Wildman–Crippen MR) is 91.3 cm³/mol. The van der Waals surface area contributed by atoms with E-state index in [1.807, 2.05) is 7.05 Å². The van der Waals surface area contributed by atoms with Gasteiger partial charge in [0, 0.05) is 45.8 Å². The molecule has 2 N–H and O–H groups in total. The zero-order valence-corrected chi connectivity index (χ0v) is 15.7. The largest absolute Gasteiger partial charge is 0.511 e.